The average Bonchev–Trinajstić information content (AvgIpc) is 3.56. The van der Waals surface area contributed by atoms with Gasteiger partial charge in [-0.05, 0) is 79.8 Å². The number of carboxylic acid groups (broad SMARTS) is 1. The molecule has 7 nitrogen and oxygen atoms in total. The van der Waals surface area contributed by atoms with Crippen molar-refractivity contribution >= 4 is 23.4 Å². The highest BCUT2D eigenvalue weighted by atomic mass is 32.2. The molecule has 0 amide bonds. The van der Waals surface area contributed by atoms with Crippen molar-refractivity contribution in [1.82, 2.24) is 15.0 Å². The van der Waals surface area contributed by atoms with E-state index in [0.717, 1.165) is 37.0 Å². The quantitative estimate of drug-likeness (QED) is 0.448. The van der Waals surface area contributed by atoms with Gasteiger partial charge in [0.05, 0.1) is 13.7 Å². The first-order valence-electron chi connectivity index (χ1n) is 12.4. The van der Waals surface area contributed by atoms with Crippen molar-refractivity contribution in [3.63, 3.8) is 0 Å². The van der Waals surface area contributed by atoms with Crippen LogP contribution in [0, 0.1) is 0 Å². The molecular weight excluding hydrogens is 460 g/mol. The smallest absolute Gasteiger partial charge is 0.359 e. The Hall–Kier alpha value is -3.00. The molecule has 0 radical (unpaired) electrons. The summed E-state index contributed by atoms with van der Waals surface area (Å²) < 4.78 is 6.95. The molecule has 2 heterocycles. The largest absolute Gasteiger partial charge is 0.497 e. The van der Waals surface area contributed by atoms with E-state index in [1.54, 1.807) is 23.6 Å². The zero-order valence-electron chi connectivity index (χ0n) is 20.1. The van der Waals surface area contributed by atoms with Crippen LogP contribution in [0.2, 0.25) is 0 Å². The van der Waals surface area contributed by atoms with Crippen LogP contribution in [0.5, 0.6) is 5.75 Å². The molecule has 0 spiro atoms. The Morgan fingerprint density at radius 1 is 1.03 bits per heavy atom. The van der Waals surface area contributed by atoms with Crippen molar-refractivity contribution in [3.8, 4) is 5.75 Å². The summed E-state index contributed by atoms with van der Waals surface area (Å²) in [4.78, 5) is 14.3. The molecule has 0 bridgehead atoms. The molecule has 1 N–H and O–H groups in total. The second-order valence-corrected chi connectivity index (χ2v) is 10.7. The number of rotatable bonds is 8. The number of methoxy groups -OCH3 is 1. The minimum Gasteiger partial charge on any atom is -0.497 e. The third kappa shape index (κ3) is 5.48. The number of benzene rings is 2. The van der Waals surface area contributed by atoms with E-state index in [9.17, 15) is 9.90 Å². The van der Waals surface area contributed by atoms with Crippen LogP contribution in [0.1, 0.15) is 66.1 Å². The Morgan fingerprint density at radius 2 is 1.71 bits per heavy atom. The van der Waals surface area contributed by atoms with Gasteiger partial charge in [0.1, 0.15) is 10.8 Å². The molecule has 1 aliphatic carbocycles. The molecule has 2 fully saturated rings. The van der Waals surface area contributed by atoms with Crippen LogP contribution in [0.25, 0.3) is 0 Å². The third-order valence-corrected chi connectivity index (χ3v) is 8.60. The van der Waals surface area contributed by atoms with Crippen molar-refractivity contribution in [1.29, 1.82) is 0 Å². The summed E-state index contributed by atoms with van der Waals surface area (Å²) in [5.74, 6) is 0.330. The zero-order chi connectivity index (χ0) is 24.2. The number of anilines is 1. The molecule has 2 aromatic carbocycles. The number of carbonyl (C=O) groups is 1. The number of ether oxygens (including phenoxy) is 1. The van der Waals surface area contributed by atoms with Gasteiger partial charge in [-0.1, -0.05) is 29.5 Å². The summed E-state index contributed by atoms with van der Waals surface area (Å²) in [5.41, 5.74) is 3.84. The lowest BCUT2D eigenvalue weighted by molar-refractivity contribution is 0.0686. The molecule has 2 aliphatic rings. The standard InChI is InChI=1S/C27H32N4O3S/c1-34-23-12-4-19(5-13-23)18-31-26(25(27(32)33)28-29-31)35-24-14-8-21(9-15-24)20-6-10-22(11-7-20)30-16-2-3-17-30/h4-7,10-13,21,24H,2-3,8-9,14-18H2,1H3,(H,32,33). The van der Waals surface area contributed by atoms with Crippen LogP contribution in [0.3, 0.4) is 0 Å². The van der Waals surface area contributed by atoms with E-state index < -0.39 is 5.97 Å². The molecule has 1 aliphatic heterocycles. The number of hydrogen-bond donors (Lipinski definition) is 1. The van der Waals surface area contributed by atoms with Crippen molar-refractivity contribution in [3.05, 3.63) is 65.4 Å². The molecule has 5 rings (SSSR count). The molecule has 184 valence electrons. The fourth-order valence-corrected chi connectivity index (χ4v) is 6.45. The Bertz CT molecular complexity index is 1130. The molecule has 1 saturated carbocycles. The van der Waals surface area contributed by atoms with Crippen molar-refractivity contribution in [2.45, 2.75) is 61.3 Å². The second-order valence-electron chi connectivity index (χ2n) is 9.43. The number of aromatic nitrogens is 3. The molecule has 1 aromatic heterocycles. The maximum Gasteiger partial charge on any atom is 0.359 e. The summed E-state index contributed by atoms with van der Waals surface area (Å²) in [6.07, 6.45) is 6.92. The van der Waals surface area contributed by atoms with E-state index in [0.29, 0.717) is 22.7 Å². The van der Waals surface area contributed by atoms with E-state index in [1.807, 2.05) is 24.3 Å². The highest BCUT2D eigenvalue weighted by Crippen LogP contribution is 2.41. The van der Waals surface area contributed by atoms with E-state index in [1.165, 1.54) is 37.2 Å². The Morgan fingerprint density at radius 3 is 2.34 bits per heavy atom. The molecule has 3 aromatic rings. The van der Waals surface area contributed by atoms with Gasteiger partial charge in [0, 0.05) is 24.0 Å². The first-order valence-corrected chi connectivity index (χ1v) is 13.3. The highest BCUT2D eigenvalue weighted by Gasteiger charge is 2.28. The van der Waals surface area contributed by atoms with Gasteiger partial charge < -0.3 is 14.7 Å². The molecule has 0 unspecified atom stereocenters. The first kappa shape index (κ1) is 23.7. The Balaban J connectivity index is 1.22. The number of nitrogens with zero attached hydrogens (tertiary/aromatic N) is 4. The summed E-state index contributed by atoms with van der Waals surface area (Å²) in [6, 6.07) is 16.9. The lowest BCUT2D eigenvalue weighted by Gasteiger charge is -2.29. The first-order chi connectivity index (χ1) is 17.1. The van der Waals surface area contributed by atoms with Crippen LogP contribution in [-0.4, -0.2) is 51.5 Å². The van der Waals surface area contributed by atoms with Crippen LogP contribution in [0.15, 0.2) is 53.6 Å². The third-order valence-electron chi connectivity index (χ3n) is 7.17. The van der Waals surface area contributed by atoms with Crippen molar-refractivity contribution < 1.29 is 14.6 Å². The average molecular weight is 493 g/mol. The Kier molecular flexibility index (Phi) is 7.27. The van der Waals surface area contributed by atoms with E-state index >= 15 is 0 Å². The maximum atomic E-state index is 11.8. The molecule has 8 heteroatoms. The van der Waals surface area contributed by atoms with Gasteiger partial charge >= 0.3 is 5.97 Å². The predicted molar refractivity (Wildman–Crippen MR) is 138 cm³/mol. The summed E-state index contributed by atoms with van der Waals surface area (Å²) >= 11 is 1.62. The molecule has 35 heavy (non-hydrogen) atoms. The van der Waals surface area contributed by atoms with Crippen LogP contribution >= 0.6 is 11.8 Å². The fraction of sp³-hybridized carbons (Fsp3) is 0.444. The van der Waals surface area contributed by atoms with Crippen LogP contribution in [0.4, 0.5) is 5.69 Å². The van der Waals surface area contributed by atoms with Gasteiger partial charge in [-0.3, -0.25) is 0 Å². The van der Waals surface area contributed by atoms with Crippen molar-refractivity contribution in [2.75, 3.05) is 25.1 Å². The maximum absolute atomic E-state index is 11.8. The van der Waals surface area contributed by atoms with Crippen molar-refractivity contribution in [2.24, 2.45) is 0 Å². The van der Waals surface area contributed by atoms with Gasteiger partial charge in [-0.15, -0.1) is 16.9 Å². The fourth-order valence-electron chi connectivity index (χ4n) is 5.17. The highest BCUT2D eigenvalue weighted by molar-refractivity contribution is 7.99. The van der Waals surface area contributed by atoms with Gasteiger partial charge in [-0.25, -0.2) is 9.48 Å². The minimum atomic E-state index is -1.03. The van der Waals surface area contributed by atoms with E-state index in [-0.39, 0.29) is 5.69 Å². The van der Waals surface area contributed by atoms with E-state index in [4.69, 9.17) is 4.74 Å². The molecule has 0 atom stereocenters. The number of thioether (sulfide) groups is 1. The number of hydrogen-bond acceptors (Lipinski definition) is 6. The summed E-state index contributed by atoms with van der Waals surface area (Å²) in [7, 11) is 1.64. The SMILES string of the molecule is COc1ccc(Cn2nnc(C(=O)O)c2SC2CCC(c3ccc(N4CCCC4)cc3)CC2)cc1. The van der Waals surface area contributed by atoms with Crippen LogP contribution < -0.4 is 9.64 Å². The Labute approximate surface area is 210 Å². The van der Waals surface area contributed by atoms with Gasteiger partial charge in [0.2, 0.25) is 5.69 Å². The minimum absolute atomic E-state index is 0.0446. The van der Waals surface area contributed by atoms with Gasteiger partial charge in [0.25, 0.3) is 0 Å². The number of carboxylic acids is 1. The molecule has 1 saturated heterocycles. The van der Waals surface area contributed by atoms with E-state index in [2.05, 4.69) is 39.5 Å². The van der Waals surface area contributed by atoms with Gasteiger partial charge in [-0.2, -0.15) is 0 Å². The monoisotopic (exact) mass is 492 g/mol. The topological polar surface area (TPSA) is 80.5 Å². The lowest BCUT2D eigenvalue weighted by Crippen LogP contribution is -2.18. The van der Waals surface area contributed by atoms with Gasteiger partial charge in [0.15, 0.2) is 0 Å². The normalized spacial score (nSPS) is 20.2. The zero-order valence-corrected chi connectivity index (χ0v) is 20.9. The predicted octanol–water partition coefficient (Wildman–Crippen LogP) is 5.45. The summed E-state index contributed by atoms with van der Waals surface area (Å²) in [5, 5.41) is 18.8. The number of aromatic carboxylic acids is 1. The lowest BCUT2D eigenvalue weighted by atomic mass is 9.84. The summed E-state index contributed by atoms with van der Waals surface area (Å²) in [6.45, 7) is 2.82. The molecular formula is C27H32N4O3S. The second kappa shape index (κ2) is 10.7. The van der Waals surface area contributed by atoms with Crippen LogP contribution in [-0.2, 0) is 6.54 Å².